The van der Waals surface area contributed by atoms with Crippen LogP contribution < -0.4 is 9.47 Å². The maximum absolute atomic E-state index is 9.10. The van der Waals surface area contributed by atoms with E-state index in [-0.39, 0.29) is 6.61 Å². The van der Waals surface area contributed by atoms with Crippen LogP contribution >= 0.6 is 15.9 Å². The minimum Gasteiger partial charge on any atom is -0.490 e. The largest absolute Gasteiger partial charge is 0.490 e. The lowest BCUT2D eigenvalue weighted by Crippen LogP contribution is -2.01. The van der Waals surface area contributed by atoms with E-state index in [0.29, 0.717) is 24.7 Å². The molecule has 0 aliphatic carbocycles. The van der Waals surface area contributed by atoms with Gasteiger partial charge in [0.25, 0.3) is 0 Å². The van der Waals surface area contributed by atoms with Crippen LogP contribution in [0.5, 0.6) is 11.5 Å². The molecule has 0 aromatic heterocycles. The fourth-order valence-electron chi connectivity index (χ4n) is 1.32. The van der Waals surface area contributed by atoms with E-state index < -0.39 is 0 Å². The van der Waals surface area contributed by atoms with Gasteiger partial charge in [-0.1, -0.05) is 6.92 Å². The molecule has 0 aliphatic heterocycles. The third kappa shape index (κ3) is 3.39. The molecule has 16 heavy (non-hydrogen) atoms. The zero-order valence-electron chi connectivity index (χ0n) is 9.62. The number of benzene rings is 1. The summed E-state index contributed by atoms with van der Waals surface area (Å²) in [5.74, 6) is 1.38. The van der Waals surface area contributed by atoms with Gasteiger partial charge < -0.3 is 14.6 Å². The predicted molar refractivity (Wildman–Crippen MR) is 67.0 cm³/mol. The monoisotopic (exact) mass is 288 g/mol. The van der Waals surface area contributed by atoms with Gasteiger partial charge in [0.05, 0.1) is 24.3 Å². The first-order chi connectivity index (χ1) is 7.72. The summed E-state index contributed by atoms with van der Waals surface area (Å²) >= 11 is 3.42. The molecule has 1 aromatic carbocycles. The lowest BCUT2D eigenvalue weighted by Gasteiger charge is -2.14. The molecule has 0 unspecified atom stereocenters. The molecule has 4 heteroatoms. The van der Waals surface area contributed by atoms with Gasteiger partial charge in [-0.2, -0.15) is 0 Å². The normalized spacial score (nSPS) is 10.2. The van der Waals surface area contributed by atoms with E-state index in [1.54, 1.807) is 6.07 Å². The van der Waals surface area contributed by atoms with Gasteiger partial charge in [0.1, 0.15) is 0 Å². The van der Waals surface area contributed by atoms with E-state index in [1.807, 2.05) is 13.0 Å². The number of hydrogen-bond donors (Lipinski definition) is 1. The van der Waals surface area contributed by atoms with Gasteiger partial charge in [-0.15, -0.1) is 0 Å². The molecule has 0 bridgehead atoms. The SMILES string of the molecule is CCCOc1c(Br)cc(CO)cc1OCC. The van der Waals surface area contributed by atoms with Crippen LogP contribution in [0.25, 0.3) is 0 Å². The molecule has 0 atom stereocenters. The molecule has 90 valence electrons. The Kier molecular flexibility index (Phi) is 5.63. The van der Waals surface area contributed by atoms with Gasteiger partial charge in [-0.25, -0.2) is 0 Å². The first kappa shape index (κ1) is 13.3. The van der Waals surface area contributed by atoms with Crippen LogP contribution in [0.1, 0.15) is 25.8 Å². The van der Waals surface area contributed by atoms with E-state index in [0.717, 1.165) is 16.5 Å². The minimum absolute atomic E-state index is 0.00721. The van der Waals surface area contributed by atoms with Crippen molar-refractivity contribution in [3.63, 3.8) is 0 Å². The van der Waals surface area contributed by atoms with Crippen molar-refractivity contribution in [1.29, 1.82) is 0 Å². The lowest BCUT2D eigenvalue weighted by molar-refractivity contribution is 0.267. The second-order valence-electron chi connectivity index (χ2n) is 3.34. The molecule has 0 radical (unpaired) electrons. The molecule has 0 saturated heterocycles. The Morgan fingerprint density at radius 2 is 2.00 bits per heavy atom. The number of aliphatic hydroxyl groups excluding tert-OH is 1. The fraction of sp³-hybridized carbons (Fsp3) is 0.500. The van der Waals surface area contributed by atoms with Crippen LogP contribution in [-0.4, -0.2) is 18.3 Å². The van der Waals surface area contributed by atoms with Crippen molar-refractivity contribution in [2.75, 3.05) is 13.2 Å². The molecule has 3 nitrogen and oxygen atoms in total. The Hall–Kier alpha value is -0.740. The molecule has 1 aromatic rings. The summed E-state index contributed by atoms with van der Waals surface area (Å²) in [6, 6.07) is 3.65. The van der Waals surface area contributed by atoms with Crippen molar-refractivity contribution in [2.24, 2.45) is 0 Å². The van der Waals surface area contributed by atoms with Crippen LogP contribution in [0.2, 0.25) is 0 Å². The van der Waals surface area contributed by atoms with E-state index in [2.05, 4.69) is 22.9 Å². The second kappa shape index (κ2) is 6.76. The van der Waals surface area contributed by atoms with Gasteiger partial charge >= 0.3 is 0 Å². The molecular formula is C12H17BrO3. The molecule has 0 spiro atoms. The predicted octanol–water partition coefficient (Wildman–Crippen LogP) is 3.13. The third-order valence-electron chi connectivity index (χ3n) is 2.00. The van der Waals surface area contributed by atoms with Crippen molar-refractivity contribution in [1.82, 2.24) is 0 Å². The van der Waals surface area contributed by atoms with Gasteiger partial charge in [0.15, 0.2) is 11.5 Å². The minimum atomic E-state index is -0.00721. The number of rotatable bonds is 6. The number of aliphatic hydroxyl groups is 1. The Balaban J connectivity index is 3.01. The maximum Gasteiger partial charge on any atom is 0.175 e. The smallest absolute Gasteiger partial charge is 0.175 e. The van der Waals surface area contributed by atoms with Crippen LogP contribution in [0.3, 0.4) is 0 Å². The lowest BCUT2D eigenvalue weighted by atomic mass is 10.2. The van der Waals surface area contributed by atoms with Crippen LogP contribution in [0, 0.1) is 0 Å². The number of hydrogen-bond acceptors (Lipinski definition) is 3. The number of halogens is 1. The van der Waals surface area contributed by atoms with E-state index >= 15 is 0 Å². The molecule has 0 fully saturated rings. The summed E-state index contributed by atoms with van der Waals surface area (Å²) in [7, 11) is 0. The van der Waals surface area contributed by atoms with Crippen molar-refractivity contribution in [3.8, 4) is 11.5 Å². The van der Waals surface area contributed by atoms with Crippen LogP contribution in [0.4, 0.5) is 0 Å². The molecule has 1 rings (SSSR count). The van der Waals surface area contributed by atoms with Gasteiger partial charge in [-0.05, 0) is 47.0 Å². The van der Waals surface area contributed by atoms with Gasteiger partial charge in [0.2, 0.25) is 0 Å². The third-order valence-corrected chi connectivity index (χ3v) is 2.59. The van der Waals surface area contributed by atoms with E-state index in [9.17, 15) is 0 Å². The average Bonchev–Trinajstić information content (AvgIpc) is 2.28. The highest BCUT2D eigenvalue weighted by molar-refractivity contribution is 9.10. The van der Waals surface area contributed by atoms with Crippen molar-refractivity contribution in [3.05, 3.63) is 22.2 Å². The average molecular weight is 289 g/mol. The summed E-state index contributed by atoms with van der Waals surface area (Å²) < 4.78 is 11.9. The fourth-order valence-corrected chi connectivity index (χ4v) is 1.92. The summed E-state index contributed by atoms with van der Waals surface area (Å²) in [6.45, 7) is 5.19. The van der Waals surface area contributed by atoms with E-state index in [4.69, 9.17) is 14.6 Å². The van der Waals surface area contributed by atoms with Crippen molar-refractivity contribution in [2.45, 2.75) is 26.9 Å². The van der Waals surface area contributed by atoms with Crippen LogP contribution in [0.15, 0.2) is 16.6 Å². The highest BCUT2D eigenvalue weighted by Gasteiger charge is 2.11. The molecule has 0 amide bonds. The Labute approximate surface area is 105 Å². The van der Waals surface area contributed by atoms with Crippen molar-refractivity contribution < 1.29 is 14.6 Å². The maximum atomic E-state index is 9.10. The molecule has 0 aliphatic rings. The Bertz CT molecular complexity index is 339. The molecular weight excluding hydrogens is 272 g/mol. The first-order valence-electron chi connectivity index (χ1n) is 5.41. The Morgan fingerprint density at radius 1 is 1.25 bits per heavy atom. The zero-order valence-corrected chi connectivity index (χ0v) is 11.2. The summed E-state index contributed by atoms with van der Waals surface area (Å²) in [4.78, 5) is 0. The zero-order chi connectivity index (χ0) is 12.0. The first-order valence-corrected chi connectivity index (χ1v) is 6.21. The summed E-state index contributed by atoms with van der Waals surface area (Å²) in [6.07, 6.45) is 0.944. The van der Waals surface area contributed by atoms with E-state index in [1.165, 1.54) is 0 Å². The highest BCUT2D eigenvalue weighted by Crippen LogP contribution is 2.37. The second-order valence-corrected chi connectivity index (χ2v) is 4.20. The summed E-state index contributed by atoms with van der Waals surface area (Å²) in [5, 5.41) is 9.10. The molecule has 0 heterocycles. The molecule has 1 N–H and O–H groups in total. The Morgan fingerprint density at radius 3 is 2.56 bits per heavy atom. The highest BCUT2D eigenvalue weighted by atomic mass is 79.9. The number of ether oxygens (including phenoxy) is 2. The molecule has 0 saturated carbocycles. The van der Waals surface area contributed by atoms with Crippen LogP contribution in [-0.2, 0) is 6.61 Å². The standard InChI is InChI=1S/C12H17BrO3/c1-3-5-16-12-10(13)6-9(8-14)7-11(12)15-4-2/h6-7,14H,3-5,8H2,1-2H3. The topological polar surface area (TPSA) is 38.7 Å². The van der Waals surface area contributed by atoms with Gasteiger partial charge in [0, 0.05) is 0 Å². The van der Waals surface area contributed by atoms with Gasteiger partial charge in [-0.3, -0.25) is 0 Å². The summed E-state index contributed by atoms with van der Waals surface area (Å²) in [5.41, 5.74) is 0.805. The quantitative estimate of drug-likeness (QED) is 0.874. The van der Waals surface area contributed by atoms with Crippen molar-refractivity contribution >= 4 is 15.9 Å².